The van der Waals surface area contributed by atoms with Gasteiger partial charge in [0.2, 0.25) is 0 Å². The van der Waals surface area contributed by atoms with Crippen LogP contribution in [0.25, 0.3) is 0 Å². The average molecular weight is 608 g/mol. The fraction of sp³-hybridized carbons (Fsp3) is 0.727. The summed E-state index contributed by atoms with van der Waals surface area (Å²) in [5, 5.41) is 11.1. The molecule has 43 heavy (non-hydrogen) atoms. The summed E-state index contributed by atoms with van der Waals surface area (Å²) in [7, 11) is 3.15. The van der Waals surface area contributed by atoms with Crippen molar-refractivity contribution in [2.24, 2.45) is 11.8 Å². The predicted octanol–water partition coefficient (Wildman–Crippen LogP) is 5.52. The number of hydrogen-bond donors (Lipinski definition) is 1. The van der Waals surface area contributed by atoms with E-state index in [1.54, 1.807) is 18.9 Å². The number of likely N-dealkylation sites (tertiary alicyclic amines) is 1. The first-order valence-corrected chi connectivity index (χ1v) is 16.0. The smallest absolute Gasteiger partial charge is 0.409 e. The summed E-state index contributed by atoms with van der Waals surface area (Å²) < 4.78 is 32.8. The van der Waals surface area contributed by atoms with Crippen molar-refractivity contribution in [2.75, 3.05) is 40.3 Å². The normalized spacial score (nSPS) is 20.4. The largest absolute Gasteiger partial charge is 0.445 e. The minimum absolute atomic E-state index is 0.0112. The second-order valence-corrected chi connectivity index (χ2v) is 12.6. The summed E-state index contributed by atoms with van der Waals surface area (Å²) in [5.41, 5.74) is 0.839. The second kappa shape index (κ2) is 17.2. The quantitative estimate of drug-likeness (QED) is 0.279. The number of benzene rings is 1. The topological polar surface area (TPSA) is 90.4 Å². The van der Waals surface area contributed by atoms with Crippen LogP contribution < -0.4 is 0 Å². The van der Waals surface area contributed by atoms with E-state index in [-0.39, 0.29) is 63.0 Å². The third kappa shape index (κ3) is 11.5. The molecular formula is C33H51F2N3O5. The third-order valence-corrected chi connectivity index (χ3v) is 9.10. The predicted molar refractivity (Wildman–Crippen MR) is 162 cm³/mol. The number of likely N-dealkylation sites (N-methyl/N-ethyl adjacent to an activating group) is 2. The zero-order valence-electron chi connectivity index (χ0n) is 26.2. The molecule has 1 aliphatic heterocycles. The van der Waals surface area contributed by atoms with Crippen LogP contribution in [0, 0.1) is 11.8 Å². The van der Waals surface area contributed by atoms with Gasteiger partial charge in [0.25, 0.3) is 5.92 Å². The first-order chi connectivity index (χ1) is 20.5. The van der Waals surface area contributed by atoms with Gasteiger partial charge in [0.15, 0.2) is 5.78 Å². The molecule has 1 heterocycles. The van der Waals surface area contributed by atoms with Gasteiger partial charge in [-0.3, -0.25) is 14.5 Å². The molecule has 0 bridgehead atoms. The zero-order valence-corrected chi connectivity index (χ0v) is 26.2. The number of amides is 1. The van der Waals surface area contributed by atoms with Crippen LogP contribution in [0.4, 0.5) is 13.6 Å². The lowest BCUT2D eigenvalue weighted by Crippen LogP contribution is -2.52. The minimum Gasteiger partial charge on any atom is -0.445 e. The number of halogens is 2. The summed E-state index contributed by atoms with van der Waals surface area (Å²) >= 11 is 0. The molecule has 0 aromatic heterocycles. The zero-order chi connectivity index (χ0) is 31.4. The van der Waals surface area contributed by atoms with E-state index >= 15 is 0 Å². The highest BCUT2D eigenvalue weighted by Gasteiger charge is 2.36. The van der Waals surface area contributed by atoms with Crippen molar-refractivity contribution in [1.82, 2.24) is 14.7 Å². The molecule has 1 amide bonds. The Morgan fingerprint density at radius 1 is 1.02 bits per heavy atom. The maximum atomic E-state index is 13.8. The summed E-state index contributed by atoms with van der Waals surface area (Å²) in [6.45, 7) is 2.67. The SMILES string of the molecule is CC(CC(=O)C1CCCCCCC1)C(=O)[C@H](CCN1CCC(F)(F)CC1)N(C)C(O)CN(C)C(=O)OCc1ccccc1. The highest BCUT2D eigenvalue weighted by molar-refractivity contribution is 5.91. The fourth-order valence-corrected chi connectivity index (χ4v) is 6.12. The molecule has 3 rings (SSSR count). The van der Waals surface area contributed by atoms with E-state index < -0.39 is 30.2 Å². The molecule has 3 atom stereocenters. The molecule has 1 saturated carbocycles. The molecule has 0 radical (unpaired) electrons. The summed E-state index contributed by atoms with van der Waals surface area (Å²) in [4.78, 5) is 44.4. The van der Waals surface area contributed by atoms with Gasteiger partial charge in [-0.05, 0) is 31.9 Å². The molecule has 1 aromatic carbocycles. The van der Waals surface area contributed by atoms with E-state index in [1.165, 1.54) is 18.4 Å². The number of piperidine rings is 1. The second-order valence-electron chi connectivity index (χ2n) is 12.6. The Morgan fingerprint density at radius 2 is 1.63 bits per heavy atom. The Hall–Kier alpha value is -2.43. The first kappa shape index (κ1) is 35.1. The average Bonchev–Trinajstić information content (AvgIpc) is 2.96. The molecule has 1 aliphatic carbocycles. The van der Waals surface area contributed by atoms with Gasteiger partial charge in [-0.2, -0.15) is 0 Å². The molecule has 1 saturated heterocycles. The maximum absolute atomic E-state index is 13.8. The monoisotopic (exact) mass is 607 g/mol. The van der Waals surface area contributed by atoms with E-state index in [4.69, 9.17) is 4.74 Å². The van der Waals surface area contributed by atoms with Gasteiger partial charge in [-0.15, -0.1) is 0 Å². The number of aliphatic hydroxyl groups is 1. The summed E-state index contributed by atoms with van der Waals surface area (Å²) in [6.07, 6.45) is 5.56. The van der Waals surface area contributed by atoms with Crippen LogP contribution in [0.3, 0.4) is 0 Å². The number of nitrogens with zero attached hydrogens (tertiary/aromatic N) is 3. The first-order valence-electron chi connectivity index (χ1n) is 16.0. The van der Waals surface area contributed by atoms with Gasteiger partial charge in [0, 0.05) is 57.8 Å². The van der Waals surface area contributed by atoms with Crippen molar-refractivity contribution in [1.29, 1.82) is 0 Å². The van der Waals surface area contributed by atoms with E-state index in [0.717, 1.165) is 44.1 Å². The van der Waals surface area contributed by atoms with Gasteiger partial charge in [0.05, 0.1) is 12.6 Å². The Kier molecular flexibility index (Phi) is 14.0. The summed E-state index contributed by atoms with van der Waals surface area (Å²) in [6, 6.07) is 8.52. The number of carbonyl (C=O) groups excluding carboxylic acids is 3. The van der Waals surface area contributed by atoms with Gasteiger partial charge in [-0.25, -0.2) is 13.6 Å². The fourth-order valence-electron chi connectivity index (χ4n) is 6.12. The Balaban J connectivity index is 1.62. The number of aliphatic hydroxyl groups excluding tert-OH is 1. The van der Waals surface area contributed by atoms with Crippen LogP contribution >= 0.6 is 0 Å². The molecule has 2 fully saturated rings. The van der Waals surface area contributed by atoms with Gasteiger partial charge < -0.3 is 19.6 Å². The van der Waals surface area contributed by atoms with Crippen molar-refractivity contribution in [2.45, 2.75) is 102 Å². The van der Waals surface area contributed by atoms with Crippen LogP contribution in [-0.2, 0) is 20.9 Å². The number of ether oxygens (including phenoxy) is 1. The van der Waals surface area contributed by atoms with E-state index in [9.17, 15) is 28.3 Å². The lowest BCUT2D eigenvalue weighted by Gasteiger charge is -2.37. The number of carbonyl (C=O) groups is 3. The number of ketones is 2. The Labute approximate surface area is 255 Å². The van der Waals surface area contributed by atoms with Crippen molar-refractivity contribution < 1.29 is 33.0 Å². The minimum atomic E-state index is -2.66. The van der Waals surface area contributed by atoms with E-state index in [2.05, 4.69) is 0 Å². The number of hydrogen-bond acceptors (Lipinski definition) is 7. The van der Waals surface area contributed by atoms with Gasteiger partial charge >= 0.3 is 6.09 Å². The number of alkyl halides is 2. The molecular weight excluding hydrogens is 556 g/mol. The van der Waals surface area contributed by atoms with Crippen molar-refractivity contribution in [3.8, 4) is 0 Å². The van der Waals surface area contributed by atoms with Crippen LogP contribution in [0.1, 0.15) is 83.1 Å². The third-order valence-electron chi connectivity index (χ3n) is 9.10. The van der Waals surface area contributed by atoms with Gasteiger partial charge in [0.1, 0.15) is 18.6 Å². The van der Waals surface area contributed by atoms with Crippen LogP contribution in [0.2, 0.25) is 0 Å². The molecule has 0 spiro atoms. The van der Waals surface area contributed by atoms with Crippen LogP contribution in [0.15, 0.2) is 30.3 Å². The molecule has 10 heteroatoms. The molecule has 8 nitrogen and oxygen atoms in total. The maximum Gasteiger partial charge on any atom is 0.409 e. The lowest BCUT2D eigenvalue weighted by molar-refractivity contribution is -0.136. The Morgan fingerprint density at radius 3 is 2.26 bits per heavy atom. The van der Waals surface area contributed by atoms with Crippen LogP contribution in [0.5, 0.6) is 0 Å². The van der Waals surface area contributed by atoms with Crippen molar-refractivity contribution in [3.63, 3.8) is 0 Å². The van der Waals surface area contributed by atoms with E-state index in [0.29, 0.717) is 13.0 Å². The molecule has 2 unspecified atom stereocenters. The van der Waals surface area contributed by atoms with Crippen molar-refractivity contribution in [3.05, 3.63) is 35.9 Å². The molecule has 242 valence electrons. The standard InChI is InChI=1S/C33H51F2N3O5/c1-25(22-29(39)27-14-10-5-4-6-11-15-27)31(41)28(16-19-38-20-17-33(34,35)18-21-38)37(3)30(40)23-36(2)32(42)43-24-26-12-8-7-9-13-26/h7-9,12-13,25,27-28,30,40H,4-6,10-11,14-24H2,1-3H3/t25?,28-,30?/m0/s1. The van der Waals surface area contributed by atoms with Gasteiger partial charge in [-0.1, -0.05) is 69.4 Å². The highest BCUT2D eigenvalue weighted by atomic mass is 19.3. The van der Waals surface area contributed by atoms with Crippen LogP contribution in [-0.4, -0.2) is 95.9 Å². The highest BCUT2D eigenvalue weighted by Crippen LogP contribution is 2.29. The van der Waals surface area contributed by atoms with E-state index in [1.807, 2.05) is 35.2 Å². The molecule has 1 aromatic rings. The molecule has 2 aliphatic rings. The van der Waals surface area contributed by atoms with Crippen molar-refractivity contribution >= 4 is 17.7 Å². The number of Topliss-reactive ketones (excluding diaryl/α,β-unsaturated/α-hetero) is 2. The molecule has 1 N–H and O–H groups in total. The summed E-state index contributed by atoms with van der Waals surface area (Å²) in [5.74, 6) is -3.24. The lowest BCUT2D eigenvalue weighted by atomic mass is 9.83. The number of rotatable bonds is 14. The Bertz CT molecular complexity index is 1010.